The van der Waals surface area contributed by atoms with Crippen LogP contribution >= 0.6 is 11.6 Å². The normalized spacial score (nSPS) is 14.2. The molecule has 86 valence electrons. The average molecular weight is 242 g/mol. The summed E-state index contributed by atoms with van der Waals surface area (Å²) in [6.07, 6.45) is 0.686. The van der Waals surface area contributed by atoms with Crippen molar-refractivity contribution in [2.45, 2.75) is 20.3 Å². The second-order valence-corrected chi connectivity index (χ2v) is 6.33. The maximum atomic E-state index is 11.1. The molecule has 5 heteroatoms. The Morgan fingerprint density at radius 1 is 1.43 bits per heavy atom. The highest BCUT2D eigenvalue weighted by Gasteiger charge is 2.06. The van der Waals surface area contributed by atoms with Crippen molar-refractivity contribution in [1.29, 1.82) is 0 Å². The van der Waals surface area contributed by atoms with E-state index in [-0.39, 0.29) is 11.5 Å². The fourth-order valence-electron chi connectivity index (χ4n) is 0.964. The predicted molar refractivity (Wildman–Crippen MR) is 61.7 cm³/mol. The number of nitrogens with one attached hydrogen (secondary N) is 1. The zero-order valence-electron chi connectivity index (χ0n) is 8.92. The fraction of sp³-hybridized carbons (Fsp3) is 1.00. The fourth-order valence-corrected chi connectivity index (χ4v) is 1.95. The second kappa shape index (κ2) is 7.49. The maximum Gasteiger partial charge on any atom is 0.150 e. The minimum atomic E-state index is -2.79. The van der Waals surface area contributed by atoms with E-state index in [0.29, 0.717) is 18.2 Å². The summed E-state index contributed by atoms with van der Waals surface area (Å²) in [5.74, 6) is 1.61. The number of hydrogen-bond acceptors (Lipinski definition) is 3. The van der Waals surface area contributed by atoms with E-state index in [1.807, 2.05) is 0 Å². The molecule has 0 rings (SSSR count). The van der Waals surface area contributed by atoms with Gasteiger partial charge in [0.05, 0.1) is 5.75 Å². The SMILES string of the molecule is CCS(=O)(=O)CCCNCC(C)CCl. The molecule has 0 aromatic carbocycles. The summed E-state index contributed by atoms with van der Waals surface area (Å²) in [5, 5.41) is 3.18. The zero-order valence-corrected chi connectivity index (χ0v) is 10.5. The molecule has 0 amide bonds. The minimum Gasteiger partial charge on any atom is -0.316 e. The summed E-state index contributed by atoms with van der Waals surface area (Å²) in [5.41, 5.74) is 0. The van der Waals surface area contributed by atoms with Gasteiger partial charge in [-0.3, -0.25) is 0 Å². The van der Waals surface area contributed by atoms with Gasteiger partial charge in [-0.15, -0.1) is 11.6 Å². The van der Waals surface area contributed by atoms with Gasteiger partial charge in [-0.1, -0.05) is 13.8 Å². The third kappa shape index (κ3) is 7.59. The van der Waals surface area contributed by atoms with Crippen LogP contribution in [0.5, 0.6) is 0 Å². The molecule has 0 aromatic heterocycles. The van der Waals surface area contributed by atoms with Gasteiger partial charge in [0.15, 0.2) is 0 Å². The largest absolute Gasteiger partial charge is 0.316 e. The van der Waals surface area contributed by atoms with E-state index >= 15 is 0 Å². The Kier molecular flexibility index (Phi) is 7.59. The quantitative estimate of drug-likeness (QED) is 0.514. The molecular weight excluding hydrogens is 222 g/mol. The summed E-state index contributed by atoms with van der Waals surface area (Å²) in [6.45, 7) is 5.34. The Morgan fingerprint density at radius 2 is 2.07 bits per heavy atom. The van der Waals surface area contributed by atoms with Crippen LogP contribution in [-0.4, -0.2) is 38.9 Å². The molecule has 0 aromatic rings. The standard InChI is InChI=1S/C9H20ClNO2S/c1-3-14(12,13)6-4-5-11-8-9(2)7-10/h9,11H,3-8H2,1-2H3. The molecule has 0 aliphatic carbocycles. The van der Waals surface area contributed by atoms with Crippen molar-refractivity contribution in [2.75, 3.05) is 30.5 Å². The van der Waals surface area contributed by atoms with Crippen molar-refractivity contribution in [3.63, 3.8) is 0 Å². The Bertz CT molecular complexity index is 229. The van der Waals surface area contributed by atoms with E-state index in [4.69, 9.17) is 11.6 Å². The summed E-state index contributed by atoms with van der Waals surface area (Å²) in [4.78, 5) is 0. The van der Waals surface area contributed by atoms with Crippen molar-refractivity contribution in [1.82, 2.24) is 5.32 Å². The van der Waals surface area contributed by atoms with Crippen LogP contribution in [0.2, 0.25) is 0 Å². The molecule has 0 saturated heterocycles. The molecule has 1 atom stereocenters. The molecule has 0 spiro atoms. The topological polar surface area (TPSA) is 46.2 Å². The summed E-state index contributed by atoms with van der Waals surface area (Å²) >= 11 is 5.62. The van der Waals surface area contributed by atoms with Gasteiger partial charge in [0.25, 0.3) is 0 Å². The molecule has 0 aliphatic heterocycles. The molecule has 3 nitrogen and oxygen atoms in total. The van der Waals surface area contributed by atoms with Crippen LogP contribution in [0.4, 0.5) is 0 Å². The molecule has 0 heterocycles. The van der Waals surface area contributed by atoms with Crippen LogP contribution in [0.1, 0.15) is 20.3 Å². The highest BCUT2D eigenvalue weighted by Crippen LogP contribution is 1.96. The van der Waals surface area contributed by atoms with Crippen LogP contribution in [0.25, 0.3) is 0 Å². The average Bonchev–Trinajstić information content (AvgIpc) is 2.17. The molecule has 0 saturated carbocycles. The third-order valence-electron chi connectivity index (χ3n) is 2.00. The van der Waals surface area contributed by atoms with Gasteiger partial charge in [0.1, 0.15) is 9.84 Å². The molecule has 1 unspecified atom stereocenters. The van der Waals surface area contributed by atoms with Crippen molar-refractivity contribution in [3.8, 4) is 0 Å². The van der Waals surface area contributed by atoms with E-state index in [9.17, 15) is 8.42 Å². The van der Waals surface area contributed by atoms with E-state index in [1.165, 1.54) is 0 Å². The van der Waals surface area contributed by atoms with E-state index in [2.05, 4.69) is 12.2 Å². The third-order valence-corrected chi connectivity index (χ3v) is 4.32. The Labute approximate surface area is 92.1 Å². The van der Waals surface area contributed by atoms with Crippen LogP contribution < -0.4 is 5.32 Å². The van der Waals surface area contributed by atoms with Crippen LogP contribution in [-0.2, 0) is 9.84 Å². The lowest BCUT2D eigenvalue weighted by Crippen LogP contribution is -2.24. The van der Waals surface area contributed by atoms with Gasteiger partial charge in [-0.05, 0) is 25.4 Å². The smallest absolute Gasteiger partial charge is 0.150 e. The van der Waals surface area contributed by atoms with E-state index in [0.717, 1.165) is 13.1 Å². The Hall–Kier alpha value is 0.200. The van der Waals surface area contributed by atoms with Gasteiger partial charge in [0, 0.05) is 11.6 Å². The first-order valence-corrected chi connectivity index (χ1v) is 7.34. The number of rotatable bonds is 8. The zero-order chi connectivity index (χ0) is 11.0. The molecular formula is C9H20ClNO2S. The first-order chi connectivity index (χ1) is 6.52. The van der Waals surface area contributed by atoms with Crippen LogP contribution in [0.3, 0.4) is 0 Å². The lowest BCUT2D eigenvalue weighted by atomic mass is 10.2. The lowest BCUT2D eigenvalue weighted by molar-refractivity contribution is 0.550. The Balaban J connectivity index is 3.39. The number of hydrogen-bond donors (Lipinski definition) is 1. The monoisotopic (exact) mass is 241 g/mol. The highest BCUT2D eigenvalue weighted by atomic mass is 35.5. The minimum absolute atomic E-state index is 0.241. The van der Waals surface area contributed by atoms with Crippen molar-refractivity contribution in [3.05, 3.63) is 0 Å². The van der Waals surface area contributed by atoms with Gasteiger partial charge in [-0.2, -0.15) is 0 Å². The van der Waals surface area contributed by atoms with Crippen molar-refractivity contribution in [2.24, 2.45) is 5.92 Å². The first-order valence-electron chi connectivity index (χ1n) is 4.99. The molecule has 0 aliphatic rings. The van der Waals surface area contributed by atoms with Gasteiger partial charge in [0.2, 0.25) is 0 Å². The molecule has 0 fully saturated rings. The summed E-state index contributed by atoms with van der Waals surface area (Å²) in [6, 6.07) is 0. The first kappa shape index (κ1) is 14.2. The van der Waals surface area contributed by atoms with Crippen molar-refractivity contribution >= 4 is 21.4 Å². The number of sulfone groups is 1. The van der Waals surface area contributed by atoms with Crippen LogP contribution in [0.15, 0.2) is 0 Å². The number of halogens is 1. The lowest BCUT2D eigenvalue weighted by Gasteiger charge is -2.08. The van der Waals surface area contributed by atoms with Gasteiger partial charge >= 0.3 is 0 Å². The van der Waals surface area contributed by atoms with E-state index in [1.54, 1.807) is 6.92 Å². The second-order valence-electron chi connectivity index (χ2n) is 3.55. The molecule has 0 bridgehead atoms. The summed E-state index contributed by atoms with van der Waals surface area (Å²) in [7, 11) is -2.79. The Morgan fingerprint density at radius 3 is 2.57 bits per heavy atom. The van der Waals surface area contributed by atoms with Crippen molar-refractivity contribution < 1.29 is 8.42 Å². The molecule has 0 radical (unpaired) electrons. The highest BCUT2D eigenvalue weighted by molar-refractivity contribution is 7.91. The van der Waals surface area contributed by atoms with E-state index < -0.39 is 9.84 Å². The van der Waals surface area contributed by atoms with Gasteiger partial charge < -0.3 is 5.32 Å². The molecule has 14 heavy (non-hydrogen) atoms. The molecule has 1 N–H and O–H groups in total. The summed E-state index contributed by atoms with van der Waals surface area (Å²) < 4.78 is 22.2. The van der Waals surface area contributed by atoms with Gasteiger partial charge in [-0.25, -0.2) is 8.42 Å². The predicted octanol–water partition coefficient (Wildman–Crippen LogP) is 1.28. The maximum absolute atomic E-state index is 11.1. The van der Waals surface area contributed by atoms with Crippen LogP contribution in [0, 0.1) is 5.92 Å². The number of alkyl halides is 1.